The van der Waals surface area contributed by atoms with E-state index in [0.717, 1.165) is 25.1 Å². The Morgan fingerprint density at radius 2 is 1.58 bits per heavy atom. The molecule has 1 heterocycles. The molecule has 5 heteroatoms. The van der Waals surface area contributed by atoms with Crippen LogP contribution in [0.3, 0.4) is 0 Å². The van der Waals surface area contributed by atoms with E-state index in [1.54, 1.807) is 12.1 Å². The third kappa shape index (κ3) is 6.74. The molecule has 0 bridgehead atoms. The Balaban J connectivity index is 1.12. The van der Waals surface area contributed by atoms with E-state index >= 15 is 0 Å². The molecule has 4 aromatic carbocycles. The molecule has 2 unspecified atom stereocenters. The molecule has 1 aliphatic heterocycles. The Morgan fingerprint density at radius 1 is 0.842 bits per heavy atom. The van der Waals surface area contributed by atoms with Gasteiger partial charge in [0.05, 0.1) is 19.1 Å². The second-order valence-electron chi connectivity index (χ2n) is 9.94. The number of carbonyl (C=O) groups is 2. The van der Waals surface area contributed by atoms with E-state index in [1.807, 2.05) is 30.3 Å². The number of rotatable bonds is 10. The quantitative estimate of drug-likeness (QED) is 0.281. The summed E-state index contributed by atoms with van der Waals surface area (Å²) in [7, 11) is 0. The van der Waals surface area contributed by atoms with Crippen molar-refractivity contribution in [2.75, 3.05) is 19.6 Å². The van der Waals surface area contributed by atoms with Gasteiger partial charge in [0.2, 0.25) is 5.91 Å². The van der Waals surface area contributed by atoms with E-state index in [0.29, 0.717) is 37.5 Å². The first-order valence-electron chi connectivity index (χ1n) is 13.4. The molecule has 0 aromatic heterocycles. The van der Waals surface area contributed by atoms with Crippen LogP contribution in [-0.4, -0.2) is 37.4 Å². The lowest BCUT2D eigenvalue weighted by Gasteiger charge is -2.32. The van der Waals surface area contributed by atoms with Gasteiger partial charge in [-0.15, -0.1) is 0 Å². The summed E-state index contributed by atoms with van der Waals surface area (Å²) in [5, 5.41) is 8.82. The Bertz CT molecular complexity index is 1370. The van der Waals surface area contributed by atoms with Crippen molar-refractivity contribution in [3.05, 3.63) is 119 Å². The zero-order chi connectivity index (χ0) is 26.2. The number of piperidine rings is 1. The van der Waals surface area contributed by atoms with Crippen molar-refractivity contribution >= 4 is 22.5 Å². The average molecular weight is 507 g/mol. The molecule has 2 N–H and O–H groups in total. The van der Waals surface area contributed by atoms with E-state index in [2.05, 4.69) is 65.2 Å². The van der Waals surface area contributed by atoms with Crippen molar-refractivity contribution in [1.82, 2.24) is 10.6 Å². The van der Waals surface area contributed by atoms with Gasteiger partial charge >= 0.3 is 0 Å². The second kappa shape index (κ2) is 12.6. The van der Waals surface area contributed by atoms with Crippen molar-refractivity contribution in [3.8, 4) is 0 Å². The summed E-state index contributed by atoms with van der Waals surface area (Å²) in [6.07, 6.45) is 1.70. The van der Waals surface area contributed by atoms with Crippen molar-refractivity contribution in [3.63, 3.8) is 0 Å². The molecule has 194 valence electrons. The fourth-order valence-corrected chi connectivity index (χ4v) is 5.13. The van der Waals surface area contributed by atoms with Crippen LogP contribution in [0.25, 0.3) is 10.8 Å². The lowest BCUT2D eigenvalue weighted by molar-refractivity contribution is -0.120. The fraction of sp³-hybridized carbons (Fsp3) is 0.273. The number of ether oxygens (including phenoxy) is 1. The topological polar surface area (TPSA) is 67.4 Å². The maximum absolute atomic E-state index is 12.4. The van der Waals surface area contributed by atoms with Crippen LogP contribution in [0, 0.1) is 0 Å². The van der Waals surface area contributed by atoms with Crippen LogP contribution >= 0.6 is 0 Å². The first-order valence-corrected chi connectivity index (χ1v) is 13.4. The van der Waals surface area contributed by atoms with Crippen LogP contribution in [-0.2, 0) is 22.6 Å². The summed E-state index contributed by atoms with van der Waals surface area (Å²) in [5.41, 5.74) is 4.06. The molecule has 1 fully saturated rings. The van der Waals surface area contributed by atoms with E-state index < -0.39 is 0 Å². The van der Waals surface area contributed by atoms with Gasteiger partial charge in [0, 0.05) is 31.0 Å². The SMILES string of the molecule is O=C(Cc1ccc(C2CCNCC2OCc2ccc3ccccc3c2)cc1)NCCC(=O)c1ccccc1. The van der Waals surface area contributed by atoms with E-state index in [1.165, 1.54) is 21.9 Å². The van der Waals surface area contributed by atoms with Gasteiger partial charge in [-0.2, -0.15) is 0 Å². The Hall–Kier alpha value is -3.80. The number of fused-ring (bicyclic) bond motifs is 1. The predicted molar refractivity (Wildman–Crippen MR) is 151 cm³/mol. The molecule has 5 nitrogen and oxygen atoms in total. The van der Waals surface area contributed by atoms with Crippen LogP contribution in [0.4, 0.5) is 0 Å². The van der Waals surface area contributed by atoms with E-state index in [4.69, 9.17) is 4.74 Å². The Morgan fingerprint density at radius 3 is 2.39 bits per heavy atom. The van der Waals surface area contributed by atoms with Crippen molar-refractivity contribution in [2.45, 2.75) is 37.9 Å². The number of nitrogens with one attached hydrogen (secondary N) is 2. The van der Waals surface area contributed by atoms with Gasteiger partial charge < -0.3 is 15.4 Å². The van der Waals surface area contributed by atoms with Gasteiger partial charge in [-0.05, 0) is 46.5 Å². The number of hydrogen-bond donors (Lipinski definition) is 2. The van der Waals surface area contributed by atoms with Crippen LogP contribution in [0.2, 0.25) is 0 Å². The van der Waals surface area contributed by atoms with Crippen molar-refractivity contribution < 1.29 is 14.3 Å². The highest BCUT2D eigenvalue weighted by Crippen LogP contribution is 2.29. The minimum atomic E-state index is -0.0722. The highest BCUT2D eigenvalue weighted by molar-refractivity contribution is 5.96. The van der Waals surface area contributed by atoms with Gasteiger partial charge in [0.1, 0.15) is 0 Å². The zero-order valence-corrected chi connectivity index (χ0v) is 21.6. The normalized spacial score (nSPS) is 17.3. The maximum atomic E-state index is 12.4. The standard InChI is InChI=1S/C33H34N2O3/c36-31(28-7-2-1-3-8-28)17-19-35-33(37)21-24-10-14-27(15-11-24)30-16-18-34-22-32(30)38-23-25-12-13-26-6-4-5-9-29(26)20-25/h1-15,20,30,32,34H,16-19,21-23H2,(H,35,37). The lowest BCUT2D eigenvalue weighted by atomic mass is 9.87. The first-order chi connectivity index (χ1) is 18.7. The molecule has 1 amide bonds. The van der Waals surface area contributed by atoms with Gasteiger partial charge in [-0.25, -0.2) is 0 Å². The first kappa shape index (κ1) is 25.8. The number of Topliss-reactive ketones (excluding diaryl/α,β-unsaturated/α-hetero) is 1. The molecule has 0 saturated carbocycles. The summed E-state index contributed by atoms with van der Waals surface area (Å²) in [5.74, 6) is 0.273. The van der Waals surface area contributed by atoms with Gasteiger partial charge in [0.25, 0.3) is 0 Å². The molecule has 4 aromatic rings. The molecule has 0 radical (unpaired) electrons. The lowest BCUT2D eigenvalue weighted by Crippen LogP contribution is -2.41. The molecular weight excluding hydrogens is 472 g/mol. The number of amides is 1. The van der Waals surface area contributed by atoms with Crippen molar-refractivity contribution in [1.29, 1.82) is 0 Å². The molecule has 2 atom stereocenters. The molecule has 0 spiro atoms. The summed E-state index contributed by atoms with van der Waals surface area (Å²) in [4.78, 5) is 24.6. The van der Waals surface area contributed by atoms with Gasteiger partial charge in [0.15, 0.2) is 5.78 Å². The predicted octanol–water partition coefficient (Wildman–Crippen LogP) is 5.43. The number of hydrogen-bond acceptors (Lipinski definition) is 4. The van der Waals surface area contributed by atoms with Crippen LogP contribution < -0.4 is 10.6 Å². The molecule has 0 aliphatic carbocycles. The van der Waals surface area contributed by atoms with Crippen LogP contribution in [0.1, 0.15) is 45.8 Å². The smallest absolute Gasteiger partial charge is 0.224 e. The van der Waals surface area contributed by atoms with E-state index in [9.17, 15) is 9.59 Å². The van der Waals surface area contributed by atoms with Crippen LogP contribution in [0.15, 0.2) is 97.1 Å². The molecule has 1 saturated heterocycles. The Labute approximate surface area is 224 Å². The molecule has 1 aliphatic rings. The minimum absolute atomic E-state index is 0.0367. The average Bonchev–Trinajstić information content (AvgIpc) is 2.97. The third-order valence-corrected chi connectivity index (χ3v) is 7.25. The minimum Gasteiger partial charge on any atom is -0.372 e. The van der Waals surface area contributed by atoms with Crippen LogP contribution in [0.5, 0.6) is 0 Å². The molecule has 5 rings (SSSR count). The summed E-state index contributed by atoms with van der Waals surface area (Å²) in [6, 6.07) is 32.4. The second-order valence-corrected chi connectivity index (χ2v) is 9.94. The zero-order valence-electron chi connectivity index (χ0n) is 21.6. The third-order valence-electron chi connectivity index (χ3n) is 7.25. The molecule has 38 heavy (non-hydrogen) atoms. The summed E-state index contributed by atoms with van der Waals surface area (Å²) >= 11 is 0. The summed E-state index contributed by atoms with van der Waals surface area (Å²) < 4.78 is 6.42. The van der Waals surface area contributed by atoms with Gasteiger partial charge in [-0.1, -0.05) is 91.0 Å². The number of ketones is 1. The fourth-order valence-electron chi connectivity index (χ4n) is 5.13. The Kier molecular flexibility index (Phi) is 8.59. The molecular formula is C33H34N2O3. The number of carbonyl (C=O) groups excluding carboxylic acids is 2. The monoisotopic (exact) mass is 506 g/mol. The highest BCUT2D eigenvalue weighted by Gasteiger charge is 2.27. The maximum Gasteiger partial charge on any atom is 0.224 e. The summed E-state index contributed by atoms with van der Waals surface area (Å²) in [6.45, 7) is 2.71. The number of benzene rings is 4. The van der Waals surface area contributed by atoms with Gasteiger partial charge in [-0.3, -0.25) is 9.59 Å². The highest BCUT2D eigenvalue weighted by atomic mass is 16.5. The largest absolute Gasteiger partial charge is 0.372 e. The van der Waals surface area contributed by atoms with E-state index in [-0.39, 0.29) is 17.8 Å². The van der Waals surface area contributed by atoms with Crippen molar-refractivity contribution in [2.24, 2.45) is 0 Å².